The molecule has 2 aromatic rings. The number of aryl methyl sites for hydroxylation is 1. The summed E-state index contributed by atoms with van der Waals surface area (Å²) in [7, 11) is 0. The molecule has 2 aromatic carbocycles. The summed E-state index contributed by atoms with van der Waals surface area (Å²) in [6, 6.07) is 12.6. The number of ether oxygens (including phenoxy) is 2. The zero-order chi connectivity index (χ0) is 14.5. The molecule has 0 aliphatic heterocycles. The molecule has 0 amide bonds. The number of carbonyl (C=O) groups is 1. The smallest absolute Gasteiger partial charge is 0.340 e. The molecule has 0 unspecified atom stereocenters. The Labute approximate surface area is 118 Å². The van der Waals surface area contributed by atoms with Gasteiger partial charge in [-0.05, 0) is 49.7 Å². The van der Waals surface area contributed by atoms with Crippen molar-refractivity contribution < 1.29 is 14.3 Å². The molecule has 0 bridgehead atoms. The van der Waals surface area contributed by atoms with Crippen molar-refractivity contribution in [3.8, 4) is 11.5 Å². The maximum atomic E-state index is 11.8. The zero-order valence-electron chi connectivity index (χ0n) is 11.6. The molecule has 0 heterocycles. The van der Waals surface area contributed by atoms with Gasteiger partial charge in [0.1, 0.15) is 11.5 Å². The van der Waals surface area contributed by atoms with E-state index in [4.69, 9.17) is 15.2 Å². The maximum Gasteiger partial charge on any atom is 0.340 e. The van der Waals surface area contributed by atoms with Crippen molar-refractivity contribution in [3.63, 3.8) is 0 Å². The predicted molar refractivity (Wildman–Crippen MR) is 78.1 cm³/mol. The highest BCUT2D eigenvalue weighted by atomic mass is 16.5. The first kappa shape index (κ1) is 13.9. The molecule has 0 aromatic heterocycles. The summed E-state index contributed by atoms with van der Waals surface area (Å²) in [5.41, 5.74) is 7.57. The van der Waals surface area contributed by atoms with E-state index >= 15 is 0 Å². The van der Waals surface area contributed by atoms with Gasteiger partial charge < -0.3 is 15.2 Å². The number of rotatable bonds is 4. The van der Waals surface area contributed by atoms with Crippen molar-refractivity contribution in [2.45, 2.75) is 13.8 Å². The molecule has 0 radical (unpaired) electrons. The Kier molecular flexibility index (Phi) is 4.25. The average molecular weight is 271 g/mol. The lowest BCUT2D eigenvalue weighted by atomic mass is 10.1. The van der Waals surface area contributed by atoms with Crippen LogP contribution in [0.5, 0.6) is 11.5 Å². The minimum atomic E-state index is -0.445. The van der Waals surface area contributed by atoms with Crippen molar-refractivity contribution in [1.29, 1.82) is 0 Å². The first-order valence-electron chi connectivity index (χ1n) is 6.41. The molecule has 4 heteroatoms. The monoisotopic (exact) mass is 271 g/mol. The van der Waals surface area contributed by atoms with Crippen molar-refractivity contribution >= 4 is 11.7 Å². The van der Waals surface area contributed by atoms with Crippen LogP contribution in [0.3, 0.4) is 0 Å². The van der Waals surface area contributed by atoms with Crippen LogP contribution in [-0.2, 0) is 4.74 Å². The van der Waals surface area contributed by atoms with Gasteiger partial charge >= 0.3 is 5.97 Å². The van der Waals surface area contributed by atoms with Crippen molar-refractivity contribution in [2.24, 2.45) is 0 Å². The summed E-state index contributed by atoms with van der Waals surface area (Å²) in [5.74, 6) is 0.817. The first-order valence-corrected chi connectivity index (χ1v) is 6.41. The largest absolute Gasteiger partial charge is 0.462 e. The van der Waals surface area contributed by atoms with Crippen LogP contribution in [0, 0.1) is 6.92 Å². The molecule has 104 valence electrons. The van der Waals surface area contributed by atoms with Gasteiger partial charge in [0, 0.05) is 5.69 Å². The van der Waals surface area contributed by atoms with Crippen LogP contribution in [0.2, 0.25) is 0 Å². The average Bonchev–Trinajstić information content (AvgIpc) is 2.41. The Morgan fingerprint density at radius 2 is 1.90 bits per heavy atom. The number of nitrogens with two attached hydrogens (primary N) is 1. The van der Waals surface area contributed by atoms with Crippen LogP contribution in [0.25, 0.3) is 0 Å². The molecule has 0 fully saturated rings. The van der Waals surface area contributed by atoms with Crippen LogP contribution >= 0.6 is 0 Å². The molecule has 2 N–H and O–H groups in total. The molecular weight excluding hydrogens is 254 g/mol. The van der Waals surface area contributed by atoms with Crippen molar-refractivity contribution in [2.75, 3.05) is 12.3 Å². The Hall–Kier alpha value is -2.49. The highest BCUT2D eigenvalue weighted by Gasteiger charge is 2.12. The molecule has 4 nitrogen and oxygen atoms in total. The molecule has 0 atom stereocenters. The minimum Gasteiger partial charge on any atom is -0.462 e. The van der Waals surface area contributed by atoms with E-state index in [9.17, 15) is 4.79 Å². The second-order valence-electron chi connectivity index (χ2n) is 4.39. The van der Waals surface area contributed by atoms with E-state index in [2.05, 4.69) is 0 Å². The number of anilines is 1. The van der Waals surface area contributed by atoms with Gasteiger partial charge in [0.15, 0.2) is 0 Å². The Bertz CT molecular complexity index is 623. The Morgan fingerprint density at radius 1 is 1.15 bits per heavy atom. The van der Waals surface area contributed by atoms with Crippen LogP contribution in [0.15, 0.2) is 42.5 Å². The number of hydrogen-bond acceptors (Lipinski definition) is 4. The fourth-order valence-corrected chi connectivity index (χ4v) is 1.80. The lowest BCUT2D eigenvalue weighted by Crippen LogP contribution is -2.08. The molecule has 0 aliphatic carbocycles. The van der Waals surface area contributed by atoms with Crippen LogP contribution in [0.1, 0.15) is 22.8 Å². The van der Waals surface area contributed by atoms with E-state index in [1.807, 2.05) is 31.2 Å². The van der Waals surface area contributed by atoms with Gasteiger partial charge in [-0.15, -0.1) is 0 Å². The van der Waals surface area contributed by atoms with Gasteiger partial charge in [0.2, 0.25) is 0 Å². The lowest BCUT2D eigenvalue weighted by molar-refractivity contribution is 0.0527. The predicted octanol–water partition coefficient (Wildman–Crippen LogP) is 3.55. The summed E-state index contributed by atoms with van der Waals surface area (Å²) in [5, 5.41) is 0. The highest BCUT2D eigenvalue weighted by Crippen LogP contribution is 2.26. The molecule has 0 aliphatic rings. The fourth-order valence-electron chi connectivity index (χ4n) is 1.80. The number of nitrogen functional groups attached to an aromatic ring is 1. The van der Waals surface area contributed by atoms with E-state index < -0.39 is 5.97 Å². The van der Waals surface area contributed by atoms with Gasteiger partial charge in [-0.25, -0.2) is 4.79 Å². The minimum absolute atomic E-state index is 0.307. The van der Waals surface area contributed by atoms with Crippen LogP contribution in [-0.4, -0.2) is 12.6 Å². The molecular formula is C16H17NO3. The maximum absolute atomic E-state index is 11.8. The molecule has 20 heavy (non-hydrogen) atoms. The Balaban J connectivity index is 2.25. The van der Waals surface area contributed by atoms with E-state index in [1.165, 1.54) is 0 Å². The topological polar surface area (TPSA) is 61.5 Å². The quantitative estimate of drug-likeness (QED) is 0.682. The van der Waals surface area contributed by atoms with Crippen LogP contribution in [0.4, 0.5) is 5.69 Å². The van der Waals surface area contributed by atoms with Gasteiger partial charge in [-0.1, -0.05) is 12.1 Å². The summed E-state index contributed by atoms with van der Waals surface area (Å²) < 4.78 is 10.7. The summed E-state index contributed by atoms with van der Waals surface area (Å²) in [6.07, 6.45) is 0. The van der Waals surface area contributed by atoms with E-state index in [0.717, 1.165) is 5.56 Å². The van der Waals surface area contributed by atoms with E-state index in [-0.39, 0.29) is 0 Å². The van der Waals surface area contributed by atoms with Crippen LogP contribution < -0.4 is 10.5 Å². The first-order chi connectivity index (χ1) is 9.60. The second-order valence-corrected chi connectivity index (χ2v) is 4.39. The summed E-state index contributed by atoms with van der Waals surface area (Å²) >= 11 is 0. The van der Waals surface area contributed by atoms with Crippen molar-refractivity contribution in [3.05, 3.63) is 53.6 Å². The molecule has 0 saturated heterocycles. The van der Waals surface area contributed by atoms with E-state index in [1.54, 1.807) is 25.1 Å². The summed E-state index contributed by atoms with van der Waals surface area (Å²) in [6.45, 7) is 4.04. The lowest BCUT2D eigenvalue weighted by Gasteiger charge is -2.10. The third kappa shape index (κ3) is 3.29. The third-order valence-electron chi connectivity index (χ3n) is 2.75. The van der Waals surface area contributed by atoms with Gasteiger partial charge in [0.05, 0.1) is 12.2 Å². The second kappa shape index (κ2) is 6.10. The van der Waals surface area contributed by atoms with E-state index in [0.29, 0.717) is 29.4 Å². The standard InChI is InChI=1S/C16H17NO3/c1-3-19-16(18)14-10-13(7-8-15(14)17)20-12-6-4-5-11(2)9-12/h4-10H,3,17H2,1-2H3. The number of esters is 1. The highest BCUT2D eigenvalue weighted by molar-refractivity contribution is 5.95. The summed E-state index contributed by atoms with van der Waals surface area (Å²) in [4.78, 5) is 11.8. The number of benzene rings is 2. The number of hydrogen-bond donors (Lipinski definition) is 1. The van der Waals surface area contributed by atoms with Crippen molar-refractivity contribution in [1.82, 2.24) is 0 Å². The normalized spacial score (nSPS) is 10.1. The van der Waals surface area contributed by atoms with Gasteiger partial charge in [-0.3, -0.25) is 0 Å². The van der Waals surface area contributed by atoms with Gasteiger partial charge in [0.25, 0.3) is 0 Å². The molecule has 2 rings (SSSR count). The fraction of sp³-hybridized carbons (Fsp3) is 0.188. The number of carbonyl (C=O) groups excluding carboxylic acids is 1. The molecule has 0 spiro atoms. The van der Waals surface area contributed by atoms with Gasteiger partial charge in [-0.2, -0.15) is 0 Å². The SMILES string of the molecule is CCOC(=O)c1cc(Oc2cccc(C)c2)ccc1N. The third-order valence-corrected chi connectivity index (χ3v) is 2.75. The zero-order valence-corrected chi connectivity index (χ0v) is 11.6. The molecule has 0 saturated carbocycles. The Morgan fingerprint density at radius 3 is 2.60 bits per heavy atom.